The van der Waals surface area contributed by atoms with Crippen LogP contribution in [0.4, 0.5) is 0 Å². The normalized spacial score (nSPS) is 14.4. The van der Waals surface area contributed by atoms with Crippen LogP contribution in [-0.4, -0.2) is 17.5 Å². The zero-order valence-corrected chi connectivity index (χ0v) is 14.4. The highest BCUT2D eigenvalue weighted by Crippen LogP contribution is 2.55. The minimum Gasteiger partial charge on any atom is -0.323 e. The second-order valence-electron chi connectivity index (χ2n) is 6.51. The Morgan fingerprint density at radius 2 is 1.33 bits per heavy atom. The van der Waals surface area contributed by atoms with Gasteiger partial charge >= 0.3 is 0 Å². The number of unbranched alkanes of at least 4 members (excludes halogenated alkanes) is 2. The molecule has 18 heavy (non-hydrogen) atoms. The van der Waals surface area contributed by atoms with Crippen LogP contribution in [0.25, 0.3) is 0 Å². The molecule has 0 aromatic rings. The molecule has 0 heterocycles. The van der Waals surface area contributed by atoms with E-state index in [0.29, 0.717) is 11.3 Å². The van der Waals surface area contributed by atoms with E-state index in [4.69, 9.17) is 0 Å². The van der Waals surface area contributed by atoms with E-state index in [1.54, 1.807) is 0 Å². The summed E-state index contributed by atoms with van der Waals surface area (Å²) in [7, 11) is -1.94. The maximum absolute atomic E-state index is 12.8. The molecule has 110 valence electrons. The molecule has 1 nitrogen and oxygen atoms in total. The molecule has 0 aromatic carbocycles. The van der Waals surface area contributed by atoms with E-state index in [1.165, 1.54) is 32.1 Å². The molecule has 0 rings (SSSR count). The van der Waals surface area contributed by atoms with Crippen LogP contribution in [0.3, 0.4) is 0 Å². The lowest BCUT2D eigenvalue weighted by molar-refractivity contribution is 0.453. The zero-order valence-electron chi connectivity index (χ0n) is 13.5. The lowest BCUT2D eigenvalue weighted by atomic mass is 9.98. The second kappa shape index (κ2) is 9.18. The van der Waals surface area contributed by atoms with Gasteiger partial charge in [0.1, 0.15) is 0 Å². The third-order valence-corrected chi connectivity index (χ3v) is 8.76. The Bertz CT molecular complexity index is 233. The van der Waals surface area contributed by atoms with Crippen molar-refractivity contribution in [3.05, 3.63) is 0 Å². The summed E-state index contributed by atoms with van der Waals surface area (Å²) in [5.41, 5.74) is 0.713. The highest BCUT2D eigenvalue weighted by atomic mass is 31.2. The van der Waals surface area contributed by atoms with Crippen LogP contribution in [0.1, 0.15) is 80.1 Å². The van der Waals surface area contributed by atoms with Gasteiger partial charge in [-0.05, 0) is 12.3 Å². The van der Waals surface area contributed by atoms with Gasteiger partial charge in [-0.2, -0.15) is 0 Å². The van der Waals surface area contributed by atoms with Crippen molar-refractivity contribution in [2.75, 3.05) is 6.16 Å². The fourth-order valence-corrected chi connectivity index (χ4v) is 5.60. The SMILES string of the molecule is CCCCC(C)CCCCP(=O)(C(C)C)C(C)C. The summed E-state index contributed by atoms with van der Waals surface area (Å²) in [5.74, 6) is 0.849. The Morgan fingerprint density at radius 3 is 1.78 bits per heavy atom. The van der Waals surface area contributed by atoms with Gasteiger partial charge in [0, 0.05) is 17.5 Å². The van der Waals surface area contributed by atoms with Gasteiger partial charge in [0.15, 0.2) is 0 Å². The van der Waals surface area contributed by atoms with E-state index < -0.39 is 7.14 Å². The van der Waals surface area contributed by atoms with Crippen molar-refractivity contribution in [3.8, 4) is 0 Å². The maximum atomic E-state index is 12.8. The van der Waals surface area contributed by atoms with Crippen molar-refractivity contribution < 1.29 is 4.57 Å². The first-order chi connectivity index (χ1) is 8.34. The minimum absolute atomic E-state index is 0.356. The van der Waals surface area contributed by atoms with E-state index in [-0.39, 0.29) is 0 Å². The summed E-state index contributed by atoms with van der Waals surface area (Å²) in [5, 5.41) is 0. The molecule has 1 unspecified atom stereocenters. The highest BCUT2D eigenvalue weighted by Gasteiger charge is 2.29. The summed E-state index contributed by atoms with van der Waals surface area (Å²) in [6, 6.07) is 0. The van der Waals surface area contributed by atoms with Gasteiger partial charge in [-0.15, -0.1) is 0 Å². The van der Waals surface area contributed by atoms with Crippen molar-refractivity contribution in [1.29, 1.82) is 0 Å². The smallest absolute Gasteiger partial charge is 0.0925 e. The molecule has 0 N–H and O–H groups in total. The van der Waals surface area contributed by atoms with E-state index in [9.17, 15) is 4.57 Å². The molecule has 0 fully saturated rings. The highest BCUT2D eigenvalue weighted by molar-refractivity contribution is 7.65. The molecule has 0 amide bonds. The van der Waals surface area contributed by atoms with Gasteiger partial charge in [0.2, 0.25) is 0 Å². The topological polar surface area (TPSA) is 17.1 Å². The fraction of sp³-hybridized carbons (Fsp3) is 1.00. The summed E-state index contributed by atoms with van der Waals surface area (Å²) >= 11 is 0. The predicted octanol–water partition coefficient (Wildman–Crippen LogP) is 6.16. The van der Waals surface area contributed by atoms with E-state index in [0.717, 1.165) is 18.5 Å². The van der Waals surface area contributed by atoms with Gasteiger partial charge in [-0.25, -0.2) is 0 Å². The largest absolute Gasteiger partial charge is 0.323 e. The van der Waals surface area contributed by atoms with Crippen molar-refractivity contribution in [1.82, 2.24) is 0 Å². The molecule has 0 aliphatic heterocycles. The predicted molar refractivity (Wildman–Crippen MR) is 85.3 cm³/mol. The van der Waals surface area contributed by atoms with Crippen LogP contribution >= 0.6 is 7.14 Å². The molecular weight excluding hydrogens is 239 g/mol. The van der Waals surface area contributed by atoms with E-state index in [2.05, 4.69) is 41.5 Å². The zero-order chi connectivity index (χ0) is 14.2. The number of rotatable bonds is 10. The standard InChI is InChI=1S/C16H35OP/c1-7-8-11-16(6)12-9-10-13-18(17,14(2)3)15(4)5/h14-16H,7-13H2,1-6H3. The molecule has 0 radical (unpaired) electrons. The number of hydrogen-bond acceptors (Lipinski definition) is 1. The Labute approximate surface area is 116 Å². The summed E-state index contributed by atoms with van der Waals surface area (Å²) in [6.45, 7) is 13.1. The van der Waals surface area contributed by atoms with Crippen LogP contribution < -0.4 is 0 Å². The molecule has 0 saturated carbocycles. The van der Waals surface area contributed by atoms with Gasteiger partial charge in [-0.1, -0.05) is 73.6 Å². The van der Waals surface area contributed by atoms with Gasteiger partial charge in [-0.3, -0.25) is 0 Å². The molecule has 0 aromatic heterocycles. The molecule has 0 aliphatic rings. The maximum Gasteiger partial charge on any atom is 0.0925 e. The molecule has 1 atom stereocenters. The van der Waals surface area contributed by atoms with E-state index in [1.807, 2.05) is 0 Å². The average molecular weight is 274 g/mol. The molecule has 0 aliphatic carbocycles. The molecule has 0 saturated heterocycles. The minimum atomic E-state index is -1.94. The third kappa shape index (κ3) is 6.41. The quantitative estimate of drug-likeness (QED) is 0.344. The van der Waals surface area contributed by atoms with Crippen LogP contribution in [0.5, 0.6) is 0 Å². The number of hydrogen-bond donors (Lipinski definition) is 0. The van der Waals surface area contributed by atoms with Gasteiger partial charge < -0.3 is 4.57 Å². The monoisotopic (exact) mass is 274 g/mol. The van der Waals surface area contributed by atoms with Crippen LogP contribution in [0.2, 0.25) is 0 Å². The van der Waals surface area contributed by atoms with Crippen molar-refractivity contribution >= 4 is 7.14 Å². The van der Waals surface area contributed by atoms with Gasteiger partial charge in [0.25, 0.3) is 0 Å². The van der Waals surface area contributed by atoms with E-state index >= 15 is 0 Å². The summed E-state index contributed by atoms with van der Waals surface area (Å²) in [4.78, 5) is 0. The lowest BCUT2D eigenvalue weighted by Crippen LogP contribution is -2.11. The first kappa shape index (κ1) is 18.2. The Kier molecular flexibility index (Phi) is 9.30. The molecule has 2 heteroatoms. The first-order valence-electron chi connectivity index (χ1n) is 7.93. The molecular formula is C16H35OP. The van der Waals surface area contributed by atoms with Crippen LogP contribution in [0, 0.1) is 5.92 Å². The molecule has 0 bridgehead atoms. The van der Waals surface area contributed by atoms with Gasteiger partial charge in [0.05, 0.1) is 7.14 Å². The van der Waals surface area contributed by atoms with Crippen LogP contribution in [0.15, 0.2) is 0 Å². The summed E-state index contributed by atoms with van der Waals surface area (Å²) in [6.07, 6.45) is 8.72. The van der Waals surface area contributed by atoms with Crippen molar-refractivity contribution in [2.24, 2.45) is 5.92 Å². The Balaban J connectivity index is 3.92. The summed E-state index contributed by atoms with van der Waals surface area (Å²) < 4.78 is 12.8. The molecule has 0 spiro atoms. The lowest BCUT2D eigenvalue weighted by Gasteiger charge is -2.26. The second-order valence-corrected chi connectivity index (χ2v) is 10.7. The first-order valence-corrected chi connectivity index (χ1v) is 9.96. The Hall–Kier alpha value is 0.230. The van der Waals surface area contributed by atoms with Crippen molar-refractivity contribution in [3.63, 3.8) is 0 Å². The fourth-order valence-electron chi connectivity index (χ4n) is 2.66. The van der Waals surface area contributed by atoms with Crippen LogP contribution in [-0.2, 0) is 4.57 Å². The average Bonchev–Trinajstić information content (AvgIpc) is 2.31. The Morgan fingerprint density at radius 1 is 0.833 bits per heavy atom. The third-order valence-electron chi connectivity index (χ3n) is 4.25. The van der Waals surface area contributed by atoms with Crippen molar-refractivity contribution in [2.45, 2.75) is 91.4 Å².